The number of carbonyl (C=O) groups is 2. The lowest BCUT2D eigenvalue weighted by atomic mass is 10.1. The van der Waals surface area contributed by atoms with Gasteiger partial charge in [0, 0.05) is 12.6 Å². The first-order valence-corrected chi connectivity index (χ1v) is 6.72. The van der Waals surface area contributed by atoms with Crippen LogP contribution in [-0.4, -0.2) is 51.9 Å². The van der Waals surface area contributed by atoms with E-state index in [0.29, 0.717) is 13.2 Å². The van der Waals surface area contributed by atoms with Crippen molar-refractivity contribution < 1.29 is 19.4 Å². The van der Waals surface area contributed by atoms with Gasteiger partial charge in [0.25, 0.3) is 0 Å². The average molecular weight is 272 g/mol. The van der Waals surface area contributed by atoms with E-state index >= 15 is 0 Å². The molecule has 0 aromatic carbocycles. The van der Waals surface area contributed by atoms with Gasteiger partial charge in [-0.25, -0.2) is 14.8 Å². The van der Waals surface area contributed by atoms with Crippen molar-refractivity contribution in [3.63, 3.8) is 0 Å². The minimum Gasteiger partial charge on any atom is -0.466 e. The van der Waals surface area contributed by atoms with Gasteiger partial charge in [0.05, 0.1) is 18.6 Å². The largest absolute Gasteiger partial charge is 0.466 e. The van der Waals surface area contributed by atoms with Crippen LogP contribution in [0, 0.1) is 0 Å². The zero-order chi connectivity index (χ0) is 14.6. The third-order valence-corrected chi connectivity index (χ3v) is 2.89. The zero-order valence-electron chi connectivity index (χ0n) is 12.2. The van der Waals surface area contributed by atoms with Gasteiger partial charge in [0.15, 0.2) is 0 Å². The summed E-state index contributed by atoms with van der Waals surface area (Å²) in [6, 6.07) is 0.227. The number of carboxylic acid groups (broad SMARTS) is 1. The van der Waals surface area contributed by atoms with Gasteiger partial charge in [-0.1, -0.05) is 0 Å². The molecule has 0 aromatic rings. The standard InChI is InChI=1S/C13H24N2O4/c1-5-19-11(16)8-9-14(10-6-7-10)15(12(17)18)13(2,3)4/h10H,5-9H2,1-4H3,(H,17,18). The summed E-state index contributed by atoms with van der Waals surface area (Å²) < 4.78 is 4.89. The number of ether oxygens (including phenoxy) is 1. The smallest absolute Gasteiger partial charge is 0.422 e. The molecular weight excluding hydrogens is 248 g/mol. The van der Waals surface area contributed by atoms with Crippen LogP contribution in [0.15, 0.2) is 0 Å². The molecule has 1 aliphatic rings. The molecule has 0 saturated heterocycles. The van der Waals surface area contributed by atoms with Crippen molar-refractivity contribution in [1.29, 1.82) is 0 Å². The SMILES string of the molecule is CCOC(=O)CCN(C1CC1)N(C(=O)O)C(C)(C)C. The number of carbonyl (C=O) groups excluding carboxylic acids is 1. The summed E-state index contributed by atoms with van der Waals surface area (Å²) in [6.45, 7) is 8.04. The van der Waals surface area contributed by atoms with Crippen molar-refractivity contribution >= 4 is 12.1 Å². The number of amides is 1. The Balaban J connectivity index is 2.70. The Hall–Kier alpha value is -1.30. The van der Waals surface area contributed by atoms with Gasteiger partial charge in [0.1, 0.15) is 0 Å². The summed E-state index contributed by atoms with van der Waals surface area (Å²) in [4.78, 5) is 22.9. The Bertz CT molecular complexity index is 334. The van der Waals surface area contributed by atoms with E-state index in [9.17, 15) is 14.7 Å². The first-order chi connectivity index (χ1) is 8.77. The maximum Gasteiger partial charge on any atom is 0.422 e. The fourth-order valence-corrected chi connectivity index (χ4v) is 2.04. The minimum atomic E-state index is -0.983. The first-order valence-electron chi connectivity index (χ1n) is 6.72. The van der Waals surface area contributed by atoms with Crippen LogP contribution in [0.2, 0.25) is 0 Å². The van der Waals surface area contributed by atoms with Crippen LogP contribution in [0.3, 0.4) is 0 Å². The number of rotatable bonds is 6. The highest BCUT2D eigenvalue weighted by molar-refractivity contribution is 5.69. The molecule has 1 saturated carbocycles. The second-order valence-corrected chi connectivity index (χ2v) is 5.71. The van der Waals surface area contributed by atoms with E-state index in [1.165, 1.54) is 5.01 Å². The maximum absolute atomic E-state index is 11.5. The van der Waals surface area contributed by atoms with Crippen LogP contribution in [0.1, 0.15) is 47.0 Å². The molecule has 19 heavy (non-hydrogen) atoms. The van der Waals surface area contributed by atoms with Crippen molar-refractivity contribution in [2.75, 3.05) is 13.2 Å². The number of hydrogen-bond acceptors (Lipinski definition) is 4. The lowest BCUT2D eigenvalue weighted by Crippen LogP contribution is -2.56. The molecule has 6 heteroatoms. The second-order valence-electron chi connectivity index (χ2n) is 5.71. The molecule has 1 fully saturated rings. The van der Waals surface area contributed by atoms with E-state index in [2.05, 4.69) is 0 Å². The molecule has 0 heterocycles. The Morgan fingerprint density at radius 1 is 1.32 bits per heavy atom. The fourth-order valence-electron chi connectivity index (χ4n) is 2.04. The molecule has 0 radical (unpaired) electrons. The fraction of sp³-hybridized carbons (Fsp3) is 0.846. The van der Waals surface area contributed by atoms with E-state index in [4.69, 9.17) is 4.74 Å². The molecule has 1 N–H and O–H groups in total. The normalized spacial score (nSPS) is 15.4. The molecule has 6 nitrogen and oxygen atoms in total. The summed E-state index contributed by atoms with van der Waals surface area (Å²) in [5.41, 5.74) is -0.525. The molecule has 0 aromatic heterocycles. The lowest BCUT2D eigenvalue weighted by Gasteiger charge is -2.41. The summed E-state index contributed by atoms with van der Waals surface area (Å²) in [7, 11) is 0. The first kappa shape index (κ1) is 15.8. The van der Waals surface area contributed by atoms with E-state index in [-0.39, 0.29) is 18.4 Å². The topological polar surface area (TPSA) is 70.1 Å². The zero-order valence-corrected chi connectivity index (χ0v) is 12.2. The molecule has 1 rings (SSSR count). The number of esters is 1. The minimum absolute atomic E-state index is 0.213. The Labute approximate surface area is 114 Å². The molecule has 1 aliphatic carbocycles. The summed E-state index contributed by atoms with van der Waals surface area (Å²) in [6.07, 6.45) is 1.18. The van der Waals surface area contributed by atoms with Crippen LogP contribution in [0.5, 0.6) is 0 Å². The Kier molecular flexibility index (Phi) is 5.17. The van der Waals surface area contributed by atoms with Crippen molar-refractivity contribution in [2.24, 2.45) is 0 Å². The van der Waals surface area contributed by atoms with Crippen molar-refractivity contribution in [1.82, 2.24) is 10.0 Å². The summed E-state index contributed by atoms with van der Waals surface area (Å²) in [5.74, 6) is -0.285. The molecule has 0 unspecified atom stereocenters. The van der Waals surface area contributed by atoms with Crippen molar-refractivity contribution in [3.8, 4) is 0 Å². The lowest BCUT2D eigenvalue weighted by molar-refractivity contribution is -0.145. The van der Waals surface area contributed by atoms with E-state index in [1.807, 2.05) is 20.8 Å². The third-order valence-electron chi connectivity index (χ3n) is 2.89. The van der Waals surface area contributed by atoms with Gasteiger partial charge in [-0.2, -0.15) is 0 Å². The highest BCUT2D eigenvalue weighted by atomic mass is 16.5. The second kappa shape index (κ2) is 6.23. The predicted molar refractivity (Wildman–Crippen MR) is 70.6 cm³/mol. The number of hydrazine groups is 1. The third kappa shape index (κ3) is 4.70. The van der Waals surface area contributed by atoms with Crippen LogP contribution in [0.25, 0.3) is 0 Å². The molecule has 0 bridgehead atoms. The molecule has 0 spiro atoms. The van der Waals surface area contributed by atoms with Gasteiger partial charge < -0.3 is 9.84 Å². The Morgan fingerprint density at radius 2 is 1.89 bits per heavy atom. The van der Waals surface area contributed by atoms with Gasteiger partial charge in [-0.15, -0.1) is 0 Å². The predicted octanol–water partition coefficient (Wildman–Crippen LogP) is 2.10. The molecule has 0 atom stereocenters. The van der Waals surface area contributed by atoms with E-state index in [1.54, 1.807) is 11.9 Å². The number of hydrogen-bond donors (Lipinski definition) is 1. The highest BCUT2D eigenvalue weighted by Gasteiger charge is 2.40. The average Bonchev–Trinajstić information content (AvgIpc) is 3.05. The highest BCUT2D eigenvalue weighted by Crippen LogP contribution is 2.31. The van der Waals surface area contributed by atoms with E-state index in [0.717, 1.165) is 12.8 Å². The van der Waals surface area contributed by atoms with E-state index < -0.39 is 11.6 Å². The monoisotopic (exact) mass is 272 g/mol. The van der Waals surface area contributed by atoms with Crippen LogP contribution < -0.4 is 0 Å². The van der Waals surface area contributed by atoms with Crippen LogP contribution in [0.4, 0.5) is 4.79 Å². The van der Waals surface area contributed by atoms with Gasteiger partial charge in [-0.05, 0) is 40.5 Å². The summed E-state index contributed by atoms with van der Waals surface area (Å²) >= 11 is 0. The van der Waals surface area contributed by atoms with Crippen molar-refractivity contribution in [3.05, 3.63) is 0 Å². The van der Waals surface area contributed by atoms with Gasteiger partial charge >= 0.3 is 12.1 Å². The summed E-state index contributed by atoms with van der Waals surface area (Å²) in [5, 5.41) is 12.5. The Morgan fingerprint density at radius 3 is 2.26 bits per heavy atom. The van der Waals surface area contributed by atoms with Crippen LogP contribution in [-0.2, 0) is 9.53 Å². The maximum atomic E-state index is 11.5. The van der Waals surface area contributed by atoms with Gasteiger partial charge in [0.2, 0.25) is 0 Å². The molecule has 0 aliphatic heterocycles. The molecule has 110 valence electrons. The number of nitrogens with zero attached hydrogens (tertiary/aromatic N) is 2. The van der Waals surface area contributed by atoms with Gasteiger partial charge in [-0.3, -0.25) is 4.79 Å². The van der Waals surface area contributed by atoms with Crippen LogP contribution >= 0.6 is 0 Å². The molecular formula is C13H24N2O4. The quantitative estimate of drug-likeness (QED) is 0.592. The van der Waals surface area contributed by atoms with Crippen molar-refractivity contribution in [2.45, 2.75) is 58.5 Å². The molecule has 1 amide bonds.